The van der Waals surface area contributed by atoms with E-state index >= 15 is 0 Å². The van der Waals surface area contributed by atoms with Crippen molar-refractivity contribution in [2.45, 2.75) is 103 Å². The van der Waals surface area contributed by atoms with Crippen molar-refractivity contribution in [3.63, 3.8) is 0 Å². The molecule has 0 aliphatic heterocycles. The molecule has 0 aliphatic carbocycles. The predicted octanol–water partition coefficient (Wildman–Crippen LogP) is 7.92. The Hall–Kier alpha value is -0.430. The summed E-state index contributed by atoms with van der Waals surface area (Å²) in [6, 6.07) is 11.0. The lowest BCUT2D eigenvalue weighted by Crippen LogP contribution is -2.08. The minimum absolute atomic E-state index is 0.563. The Kier molecular flexibility index (Phi) is 15.4. The minimum atomic E-state index is 0.563. The lowest BCUT2D eigenvalue weighted by atomic mass is 10.0. The molecule has 0 saturated heterocycles. The monoisotopic (exact) mass is 363 g/mol. The van der Waals surface area contributed by atoms with Gasteiger partial charge in [-0.2, -0.15) is 0 Å². The molecule has 0 amide bonds. The summed E-state index contributed by atoms with van der Waals surface area (Å²) >= 11 is 0. The quantitative estimate of drug-likeness (QED) is 0.195. The SMILES string of the molecule is CCCCCCCCCCCCCCCC[S+](C)Cc1ccccc1. The van der Waals surface area contributed by atoms with E-state index < -0.39 is 0 Å². The Balaban J connectivity index is 1.78. The highest BCUT2D eigenvalue weighted by Crippen LogP contribution is 2.14. The first-order chi connectivity index (χ1) is 12.3. The van der Waals surface area contributed by atoms with Crippen molar-refractivity contribution in [1.29, 1.82) is 0 Å². The van der Waals surface area contributed by atoms with Gasteiger partial charge in [0.2, 0.25) is 0 Å². The van der Waals surface area contributed by atoms with E-state index in [1.54, 1.807) is 0 Å². The molecule has 0 spiro atoms. The molecule has 0 aromatic heterocycles. The van der Waals surface area contributed by atoms with Crippen LogP contribution >= 0.6 is 0 Å². The number of benzene rings is 1. The van der Waals surface area contributed by atoms with Gasteiger partial charge in [0, 0.05) is 5.56 Å². The average Bonchev–Trinajstić information content (AvgIpc) is 2.63. The van der Waals surface area contributed by atoms with Gasteiger partial charge in [0.1, 0.15) is 11.5 Å². The van der Waals surface area contributed by atoms with E-state index in [0.717, 1.165) is 0 Å². The van der Waals surface area contributed by atoms with E-state index in [4.69, 9.17) is 0 Å². The van der Waals surface area contributed by atoms with Gasteiger partial charge in [-0.05, 0) is 23.7 Å². The minimum Gasteiger partial charge on any atom is -0.0654 e. The van der Waals surface area contributed by atoms with Crippen molar-refractivity contribution >= 4 is 10.9 Å². The van der Waals surface area contributed by atoms with Crippen LogP contribution in [-0.4, -0.2) is 12.0 Å². The van der Waals surface area contributed by atoms with E-state index in [1.807, 2.05) is 0 Å². The van der Waals surface area contributed by atoms with Gasteiger partial charge in [-0.25, -0.2) is 0 Å². The second-order valence-electron chi connectivity index (χ2n) is 7.71. The van der Waals surface area contributed by atoms with Crippen molar-refractivity contribution in [2.75, 3.05) is 12.0 Å². The van der Waals surface area contributed by atoms with E-state index in [2.05, 4.69) is 43.5 Å². The lowest BCUT2D eigenvalue weighted by molar-refractivity contribution is 0.538. The normalized spacial score (nSPS) is 12.4. The first kappa shape index (κ1) is 22.6. The summed E-state index contributed by atoms with van der Waals surface area (Å²) in [5.74, 6) is 2.70. The van der Waals surface area contributed by atoms with Crippen LogP contribution in [-0.2, 0) is 16.6 Å². The molecule has 1 aromatic rings. The van der Waals surface area contributed by atoms with E-state index in [0.29, 0.717) is 10.9 Å². The molecule has 1 unspecified atom stereocenters. The third-order valence-corrected chi connectivity index (χ3v) is 6.91. The molecule has 0 radical (unpaired) electrons. The maximum atomic E-state index is 2.44. The predicted molar refractivity (Wildman–Crippen MR) is 119 cm³/mol. The molecule has 0 fully saturated rings. The van der Waals surface area contributed by atoms with E-state index in [1.165, 1.54) is 107 Å². The molecular formula is C24H43S+. The van der Waals surface area contributed by atoms with Crippen LogP contribution in [0.3, 0.4) is 0 Å². The lowest BCUT2D eigenvalue weighted by Gasteiger charge is -2.05. The van der Waals surface area contributed by atoms with Crippen LogP contribution in [0.25, 0.3) is 0 Å². The Morgan fingerprint density at radius 1 is 0.600 bits per heavy atom. The molecule has 0 saturated carbocycles. The highest BCUT2D eigenvalue weighted by molar-refractivity contribution is 7.95. The van der Waals surface area contributed by atoms with Gasteiger partial charge >= 0.3 is 0 Å². The summed E-state index contributed by atoms with van der Waals surface area (Å²) in [6.45, 7) is 2.30. The largest absolute Gasteiger partial charge is 0.132 e. The molecule has 0 bridgehead atoms. The topological polar surface area (TPSA) is 0 Å². The van der Waals surface area contributed by atoms with Gasteiger partial charge in [0.05, 0.1) is 6.26 Å². The van der Waals surface area contributed by atoms with Gasteiger partial charge in [-0.3, -0.25) is 0 Å². The molecule has 1 aromatic carbocycles. The second-order valence-corrected chi connectivity index (χ2v) is 9.97. The number of hydrogen-bond donors (Lipinski definition) is 0. The summed E-state index contributed by atoms with van der Waals surface area (Å²) in [6.07, 6.45) is 22.8. The molecule has 0 nitrogen and oxygen atoms in total. The fourth-order valence-electron chi connectivity index (χ4n) is 3.47. The molecule has 1 atom stereocenters. The smallest absolute Gasteiger partial charge is 0.0654 e. The van der Waals surface area contributed by atoms with Crippen molar-refractivity contribution < 1.29 is 0 Å². The van der Waals surface area contributed by atoms with Crippen LogP contribution in [0.15, 0.2) is 30.3 Å². The zero-order valence-electron chi connectivity index (χ0n) is 17.1. The van der Waals surface area contributed by atoms with Crippen molar-refractivity contribution in [2.24, 2.45) is 0 Å². The summed E-state index contributed by atoms with van der Waals surface area (Å²) in [4.78, 5) is 0. The zero-order chi connectivity index (χ0) is 18.0. The third kappa shape index (κ3) is 14.4. The molecular weight excluding hydrogens is 320 g/mol. The van der Waals surface area contributed by atoms with Crippen LogP contribution < -0.4 is 0 Å². The van der Waals surface area contributed by atoms with Gasteiger partial charge in [-0.15, -0.1) is 0 Å². The van der Waals surface area contributed by atoms with Crippen LogP contribution in [0.1, 0.15) is 102 Å². The van der Waals surface area contributed by atoms with Crippen LogP contribution in [0.2, 0.25) is 0 Å². The van der Waals surface area contributed by atoms with Crippen LogP contribution in [0.5, 0.6) is 0 Å². The highest BCUT2D eigenvalue weighted by atomic mass is 32.2. The molecule has 0 N–H and O–H groups in total. The summed E-state index contributed by atoms with van der Waals surface area (Å²) in [5, 5.41) is 0. The molecule has 1 rings (SSSR count). The summed E-state index contributed by atoms with van der Waals surface area (Å²) in [7, 11) is 0.563. The maximum absolute atomic E-state index is 2.44. The summed E-state index contributed by atoms with van der Waals surface area (Å²) < 4.78 is 0. The Bertz CT molecular complexity index is 373. The van der Waals surface area contributed by atoms with E-state index in [-0.39, 0.29) is 0 Å². The first-order valence-electron chi connectivity index (χ1n) is 11.0. The molecule has 25 heavy (non-hydrogen) atoms. The van der Waals surface area contributed by atoms with Crippen molar-refractivity contribution in [1.82, 2.24) is 0 Å². The average molecular weight is 364 g/mol. The molecule has 0 heterocycles. The molecule has 144 valence electrons. The number of unbranched alkanes of at least 4 members (excludes halogenated alkanes) is 13. The maximum Gasteiger partial charge on any atom is 0.132 e. The van der Waals surface area contributed by atoms with Crippen LogP contribution in [0, 0.1) is 0 Å². The third-order valence-electron chi connectivity index (χ3n) is 5.10. The zero-order valence-corrected chi connectivity index (χ0v) is 17.9. The standard InChI is InChI=1S/C24H43S/c1-3-4-5-6-7-8-9-10-11-12-13-14-15-19-22-25(2)23-24-20-17-16-18-21-24/h16-18,20-21H,3-15,19,22-23H2,1-2H3/q+1. The fourth-order valence-corrected chi connectivity index (χ4v) is 5.08. The van der Waals surface area contributed by atoms with Gasteiger partial charge in [-0.1, -0.05) is 114 Å². The highest BCUT2D eigenvalue weighted by Gasteiger charge is 2.11. The van der Waals surface area contributed by atoms with Crippen molar-refractivity contribution in [3.8, 4) is 0 Å². The number of rotatable bonds is 17. The Morgan fingerprint density at radius 2 is 1.04 bits per heavy atom. The fraction of sp³-hybridized carbons (Fsp3) is 0.750. The van der Waals surface area contributed by atoms with Crippen molar-refractivity contribution in [3.05, 3.63) is 35.9 Å². The van der Waals surface area contributed by atoms with Gasteiger partial charge in [0.25, 0.3) is 0 Å². The van der Waals surface area contributed by atoms with Crippen LogP contribution in [0.4, 0.5) is 0 Å². The molecule has 1 heteroatoms. The van der Waals surface area contributed by atoms with Gasteiger partial charge in [0.15, 0.2) is 0 Å². The van der Waals surface area contributed by atoms with E-state index in [9.17, 15) is 0 Å². The summed E-state index contributed by atoms with van der Waals surface area (Å²) in [5.41, 5.74) is 1.51. The Labute approximate surface area is 161 Å². The number of hydrogen-bond acceptors (Lipinski definition) is 0. The Morgan fingerprint density at radius 3 is 1.52 bits per heavy atom. The van der Waals surface area contributed by atoms with Gasteiger partial charge < -0.3 is 0 Å². The molecule has 0 aliphatic rings. The second kappa shape index (κ2) is 17.0. The first-order valence-corrected chi connectivity index (χ1v) is 12.9.